The summed E-state index contributed by atoms with van der Waals surface area (Å²) in [7, 11) is 0. The van der Waals surface area contributed by atoms with Gasteiger partial charge in [-0.05, 0) is 180 Å². The number of furan rings is 1. The van der Waals surface area contributed by atoms with Gasteiger partial charge in [-0.15, -0.1) is 0 Å². The van der Waals surface area contributed by atoms with E-state index in [0.717, 1.165) is 34.8 Å². The first kappa shape index (κ1) is 33.7. The lowest BCUT2D eigenvalue weighted by atomic mass is 9.83. The summed E-state index contributed by atoms with van der Waals surface area (Å²) in [6.45, 7) is 0. The van der Waals surface area contributed by atoms with E-state index >= 15 is 0 Å². The number of hydrogen-bond acceptors (Lipinski definition) is 1. The van der Waals surface area contributed by atoms with Gasteiger partial charge in [-0.3, -0.25) is 0 Å². The molecule has 0 unspecified atom stereocenters. The summed E-state index contributed by atoms with van der Waals surface area (Å²) in [5.41, 5.74) is 12.3. The number of allylic oxidation sites excluding steroid dienone is 1. The average molecular weight is 797 g/mol. The molecule has 1 aliphatic carbocycles. The van der Waals surface area contributed by atoms with Gasteiger partial charge < -0.3 is 4.42 Å². The van der Waals surface area contributed by atoms with Crippen LogP contribution in [0.4, 0.5) is 0 Å². The maximum Gasteiger partial charge on any atom is 0.135 e. The molecule has 0 saturated heterocycles. The van der Waals surface area contributed by atoms with Crippen molar-refractivity contribution in [2.45, 2.75) is 12.8 Å². The fourth-order valence-electron chi connectivity index (χ4n) is 12.0. The van der Waals surface area contributed by atoms with Crippen LogP contribution in [0.3, 0.4) is 0 Å². The molecule has 0 bridgehead atoms. The van der Waals surface area contributed by atoms with E-state index in [1.54, 1.807) is 0 Å². The number of fused-ring (bicyclic) bond motifs is 15. The van der Waals surface area contributed by atoms with Gasteiger partial charge in [0.2, 0.25) is 0 Å². The number of para-hydroxylation sites is 1. The lowest BCUT2D eigenvalue weighted by Crippen LogP contribution is -1.91. The lowest BCUT2D eigenvalue weighted by Gasteiger charge is -2.19. The van der Waals surface area contributed by atoms with Crippen LogP contribution in [0.1, 0.15) is 17.5 Å². The molecule has 14 aromatic rings. The van der Waals surface area contributed by atoms with E-state index in [1.807, 2.05) is 12.1 Å². The van der Waals surface area contributed by atoms with Crippen molar-refractivity contribution in [1.82, 2.24) is 0 Å². The molecule has 0 aliphatic heterocycles. The molecule has 63 heavy (non-hydrogen) atoms. The van der Waals surface area contributed by atoms with Crippen LogP contribution in [0.2, 0.25) is 0 Å². The van der Waals surface area contributed by atoms with Gasteiger partial charge in [0.05, 0.1) is 0 Å². The van der Waals surface area contributed by atoms with Crippen molar-refractivity contribution in [3.8, 4) is 33.4 Å². The molecule has 1 aromatic heterocycles. The van der Waals surface area contributed by atoms with E-state index in [0.29, 0.717) is 0 Å². The van der Waals surface area contributed by atoms with Crippen molar-refractivity contribution in [2.75, 3.05) is 0 Å². The molecule has 0 saturated carbocycles. The van der Waals surface area contributed by atoms with Crippen molar-refractivity contribution in [1.29, 1.82) is 0 Å². The van der Waals surface area contributed by atoms with Crippen molar-refractivity contribution >= 4 is 114 Å². The highest BCUT2D eigenvalue weighted by Crippen LogP contribution is 2.55. The monoisotopic (exact) mass is 796 g/mol. The molecule has 15 rings (SSSR count). The maximum atomic E-state index is 6.18. The molecule has 1 heterocycles. The van der Waals surface area contributed by atoms with Crippen LogP contribution in [0.5, 0.6) is 0 Å². The highest BCUT2D eigenvalue weighted by atomic mass is 16.3. The van der Waals surface area contributed by atoms with Gasteiger partial charge in [-0.25, -0.2) is 0 Å². The Balaban J connectivity index is 1.09. The van der Waals surface area contributed by atoms with Gasteiger partial charge >= 0.3 is 0 Å². The third kappa shape index (κ3) is 4.46. The van der Waals surface area contributed by atoms with Crippen LogP contribution in [0.25, 0.3) is 148 Å². The Morgan fingerprint density at radius 3 is 1.79 bits per heavy atom. The molecule has 290 valence electrons. The normalized spacial score (nSPS) is 13.2. The van der Waals surface area contributed by atoms with Gasteiger partial charge in [0, 0.05) is 10.8 Å². The molecule has 0 N–H and O–H groups in total. The Labute approximate surface area is 362 Å². The molecule has 1 heteroatoms. The van der Waals surface area contributed by atoms with Gasteiger partial charge in [-0.1, -0.05) is 158 Å². The number of rotatable bonds is 3. The summed E-state index contributed by atoms with van der Waals surface area (Å²) < 4.78 is 6.18. The lowest BCUT2D eigenvalue weighted by molar-refractivity contribution is 0.669. The van der Waals surface area contributed by atoms with Gasteiger partial charge in [-0.2, -0.15) is 0 Å². The molecule has 0 radical (unpaired) electrons. The summed E-state index contributed by atoms with van der Waals surface area (Å²) in [5, 5.41) is 23.5. The molecule has 0 atom stereocenters. The predicted molar refractivity (Wildman–Crippen MR) is 270 cm³/mol. The zero-order valence-electron chi connectivity index (χ0n) is 34.3. The number of hydrogen-bond donors (Lipinski definition) is 0. The number of aryl methyl sites for hydroxylation is 1. The van der Waals surface area contributed by atoms with Gasteiger partial charge in [0.1, 0.15) is 11.2 Å². The zero-order chi connectivity index (χ0) is 40.9. The van der Waals surface area contributed by atoms with Crippen LogP contribution in [0.15, 0.2) is 192 Å². The first-order valence-electron chi connectivity index (χ1n) is 22.2. The standard InChI is InChI=1S/C62H36O/c1-3-13-35(14-4-1)56-52-34-50-43-18-8-7-17-42(43)45-20-11-22-47(58(45)50)60(52)57(36-15-5-2-6-16-36)62-51-33-40-26-25-39-31-37(38-28-30-54-49(32-38)44-19-9-10-24-53(44)63-54)27-29-41(39)55(40)46-21-12-23-48(59(46)51)61(56)62/h1-6,8-16,18-34H,7,17H2. The van der Waals surface area contributed by atoms with Gasteiger partial charge in [0.25, 0.3) is 0 Å². The van der Waals surface area contributed by atoms with Crippen LogP contribution >= 0.6 is 0 Å². The predicted octanol–water partition coefficient (Wildman–Crippen LogP) is 17.6. The first-order chi connectivity index (χ1) is 31.3. The average Bonchev–Trinajstić information content (AvgIpc) is 4.00. The minimum absolute atomic E-state index is 0.921. The van der Waals surface area contributed by atoms with Crippen molar-refractivity contribution in [3.05, 3.63) is 199 Å². The van der Waals surface area contributed by atoms with E-state index < -0.39 is 0 Å². The van der Waals surface area contributed by atoms with E-state index in [2.05, 4.69) is 182 Å². The third-order valence-electron chi connectivity index (χ3n) is 14.5. The van der Waals surface area contributed by atoms with Crippen LogP contribution in [-0.4, -0.2) is 0 Å². The smallest absolute Gasteiger partial charge is 0.135 e. The largest absolute Gasteiger partial charge is 0.456 e. The second kappa shape index (κ2) is 12.3. The summed E-state index contributed by atoms with van der Waals surface area (Å²) in [6.07, 6.45) is 6.93. The van der Waals surface area contributed by atoms with Gasteiger partial charge in [0.15, 0.2) is 0 Å². The molecule has 0 spiro atoms. The van der Waals surface area contributed by atoms with E-state index in [9.17, 15) is 0 Å². The Bertz CT molecular complexity index is 4280. The zero-order valence-corrected chi connectivity index (χ0v) is 34.3. The van der Waals surface area contributed by atoms with Crippen molar-refractivity contribution < 1.29 is 4.42 Å². The van der Waals surface area contributed by atoms with E-state index in [-0.39, 0.29) is 0 Å². The Morgan fingerprint density at radius 1 is 0.317 bits per heavy atom. The molecule has 0 fully saturated rings. The Hall–Kier alpha value is -8.00. The van der Waals surface area contributed by atoms with Crippen molar-refractivity contribution in [2.24, 2.45) is 0 Å². The molecule has 1 nitrogen and oxygen atoms in total. The maximum absolute atomic E-state index is 6.18. The topological polar surface area (TPSA) is 13.1 Å². The van der Waals surface area contributed by atoms with Crippen molar-refractivity contribution in [3.63, 3.8) is 0 Å². The highest BCUT2D eigenvalue weighted by molar-refractivity contribution is 6.45. The summed E-state index contributed by atoms with van der Waals surface area (Å²) in [4.78, 5) is 0. The van der Waals surface area contributed by atoms with Crippen LogP contribution < -0.4 is 0 Å². The van der Waals surface area contributed by atoms with E-state index in [1.165, 1.54) is 131 Å². The molecule has 13 aromatic carbocycles. The minimum Gasteiger partial charge on any atom is -0.456 e. The fourth-order valence-corrected chi connectivity index (χ4v) is 12.0. The molecular weight excluding hydrogens is 761 g/mol. The SMILES string of the molecule is C1=Cc2c(c3cccc4c5c(-c6ccccc6)c6c7cc8ccc9cc(-c%10ccc%11oc%12ccccc%12c%11c%10)ccc9c8c8cccc(c6c(-c6ccccc6)c5cc2c34)c78)CC1. The first-order valence-corrected chi connectivity index (χ1v) is 22.2. The second-order valence-corrected chi connectivity index (χ2v) is 17.7. The minimum atomic E-state index is 0.921. The summed E-state index contributed by atoms with van der Waals surface area (Å²) in [5.74, 6) is 0. The van der Waals surface area contributed by atoms with Crippen LogP contribution in [-0.2, 0) is 6.42 Å². The quantitative estimate of drug-likeness (QED) is 0.162. The summed E-state index contributed by atoms with van der Waals surface area (Å²) >= 11 is 0. The molecule has 0 amide bonds. The Kier molecular flexibility index (Phi) is 6.58. The molecule has 1 aliphatic rings. The van der Waals surface area contributed by atoms with Crippen LogP contribution in [0, 0.1) is 0 Å². The fraction of sp³-hybridized carbons (Fsp3) is 0.0323. The second-order valence-electron chi connectivity index (χ2n) is 17.7. The summed E-state index contributed by atoms with van der Waals surface area (Å²) in [6, 6.07) is 68.2. The van der Waals surface area contributed by atoms with E-state index in [4.69, 9.17) is 4.42 Å². The molecular formula is C62H36O. The highest BCUT2D eigenvalue weighted by Gasteiger charge is 2.28. The third-order valence-corrected chi connectivity index (χ3v) is 14.5. The Morgan fingerprint density at radius 2 is 0.952 bits per heavy atom. The number of benzene rings is 11.